The van der Waals surface area contributed by atoms with Gasteiger partial charge >= 0.3 is 11.9 Å². The maximum absolute atomic E-state index is 11.3. The molecule has 0 heterocycles. The minimum atomic E-state index is -1.24. The topological polar surface area (TPSA) is 164 Å². The Morgan fingerprint density at radius 2 is 0.900 bits per heavy atom. The van der Waals surface area contributed by atoms with Gasteiger partial charge in [-0.2, -0.15) is 20.5 Å². The second-order valence-electron chi connectivity index (χ2n) is 8.42. The molecule has 0 atom stereocenters. The maximum atomic E-state index is 11.3. The third-order valence-corrected chi connectivity index (χ3v) is 6.52. The van der Waals surface area contributed by atoms with E-state index >= 15 is 0 Å². The van der Waals surface area contributed by atoms with Crippen LogP contribution in [0, 0.1) is 13.8 Å². The standard InChI is InChI=1S/C28H22N4O6S.Na/c1-15-11-19(13-23(25(15)33)27(35)36)31-29-17-3-7-21(8-4-17)39-22-9-5-18(6-10-22)30-32-20-12-16(2)26(34)24(14-20)28(37)38;/h3-14,33-34H,1-2H3,(H,35,36)(H,37,38);. The van der Waals surface area contributed by atoms with Crippen LogP contribution in [0.25, 0.3) is 0 Å². The molecule has 1 radical (unpaired) electrons. The molecular formula is C28H22N4NaO6S. The summed E-state index contributed by atoms with van der Waals surface area (Å²) in [4.78, 5) is 24.5. The number of benzene rings is 4. The number of hydrogen-bond acceptors (Lipinski definition) is 9. The van der Waals surface area contributed by atoms with E-state index in [1.165, 1.54) is 23.9 Å². The van der Waals surface area contributed by atoms with Gasteiger partial charge in [-0.15, -0.1) is 0 Å². The van der Waals surface area contributed by atoms with Gasteiger partial charge in [0, 0.05) is 39.3 Å². The zero-order chi connectivity index (χ0) is 28.1. The predicted molar refractivity (Wildman–Crippen MR) is 151 cm³/mol. The summed E-state index contributed by atoms with van der Waals surface area (Å²) in [6.45, 7) is 3.19. The van der Waals surface area contributed by atoms with Crippen molar-refractivity contribution in [1.82, 2.24) is 0 Å². The molecule has 40 heavy (non-hydrogen) atoms. The zero-order valence-electron chi connectivity index (χ0n) is 21.7. The van der Waals surface area contributed by atoms with E-state index in [-0.39, 0.29) is 52.2 Å². The molecule has 197 valence electrons. The van der Waals surface area contributed by atoms with Crippen molar-refractivity contribution < 1.29 is 30.0 Å². The first-order valence-electron chi connectivity index (χ1n) is 11.5. The molecule has 0 spiro atoms. The summed E-state index contributed by atoms with van der Waals surface area (Å²) >= 11 is 1.52. The van der Waals surface area contributed by atoms with E-state index in [0.29, 0.717) is 33.9 Å². The Hall–Kier alpha value is -4.03. The molecule has 0 aliphatic heterocycles. The average molecular weight is 566 g/mol. The first kappa shape index (κ1) is 30.5. The van der Waals surface area contributed by atoms with Crippen LogP contribution < -0.4 is 0 Å². The molecule has 0 amide bonds. The molecule has 0 aliphatic rings. The van der Waals surface area contributed by atoms with E-state index in [1.54, 1.807) is 50.2 Å². The Morgan fingerprint density at radius 1 is 0.575 bits per heavy atom. The van der Waals surface area contributed by atoms with Crippen LogP contribution in [0.5, 0.6) is 11.5 Å². The Balaban J connectivity index is 0.00000441. The Bertz CT molecular complexity index is 1500. The fourth-order valence-electron chi connectivity index (χ4n) is 3.49. The fraction of sp³-hybridized carbons (Fsp3) is 0.0714. The third kappa shape index (κ3) is 7.54. The van der Waals surface area contributed by atoms with E-state index in [1.807, 2.05) is 24.3 Å². The number of aromatic hydroxyl groups is 2. The van der Waals surface area contributed by atoms with Crippen LogP contribution in [-0.2, 0) is 0 Å². The van der Waals surface area contributed by atoms with E-state index in [2.05, 4.69) is 20.5 Å². The fourth-order valence-corrected chi connectivity index (χ4v) is 4.31. The predicted octanol–water partition coefficient (Wildman–Crippen LogP) is 7.71. The average Bonchev–Trinajstić information content (AvgIpc) is 2.91. The number of hydrogen-bond donors (Lipinski definition) is 4. The van der Waals surface area contributed by atoms with Gasteiger partial charge in [-0.05, 0) is 97.8 Å². The number of carbonyl (C=O) groups is 2. The Kier molecular flexibility index (Phi) is 10.2. The van der Waals surface area contributed by atoms with Crippen molar-refractivity contribution >= 4 is 76.0 Å². The molecule has 0 saturated carbocycles. The summed E-state index contributed by atoms with van der Waals surface area (Å²) in [5, 5.41) is 54.6. The van der Waals surface area contributed by atoms with Gasteiger partial charge < -0.3 is 20.4 Å². The number of phenols is 2. The molecule has 0 fully saturated rings. The smallest absolute Gasteiger partial charge is 0.339 e. The molecule has 4 aromatic rings. The number of aryl methyl sites for hydroxylation is 2. The summed E-state index contributed by atoms with van der Waals surface area (Å²) in [5.74, 6) is -3.07. The van der Waals surface area contributed by atoms with Crippen LogP contribution in [0.3, 0.4) is 0 Å². The maximum Gasteiger partial charge on any atom is 0.339 e. The quantitative estimate of drug-likeness (QED) is 0.125. The normalized spacial score (nSPS) is 11.1. The van der Waals surface area contributed by atoms with Crippen molar-refractivity contribution in [3.8, 4) is 11.5 Å². The molecular weight excluding hydrogens is 543 g/mol. The molecule has 0 saturated heterocycles. The van der Waals surface area contributed by atoms with Crippen LogP contribution in [0.15, 0.2) is 103 Å². The zero-order valence-corrected chi connectivity index (χ0v) is 24.5. The summed E-state index contributed by atoms with van der Waals surface area (Å²) in [6.07, 6.45) is 0. The van der Waals surface area contributed by atoms with Crippen molar-refractivity contribution in [2.45, 2.75) is 23.6 Å². The monoisotopic (exact) mass is 565 g/mol. The van der Waals surface area contributed by atoms with Gasteiger partial charge in [-0.3, -0.25) is 0 Å². The number of rotatable bonds is 8. The van der Waals surface area contributed by atoms with Crippen molar-refractivity contribution in [2.75, 3.05) is 0 Å². The molecule has 4 rings (SSSR count). The van der Waals surface area contributed by atoms with Gasteiger partial charge in [-0.25, -0.2) is 9.59 Å². The SMILES string of the molecule is Cc1cc(N=Nc2ccc(Sc3ccc(N=Nc4cc(C)c(O)c(C(=O)O)c4)cc3)cc2)cc(C(=O)O)c1O.[Na]. The number of azo groups is 2. The Morgan fingerprint density at radius 3 is 1.23 bits per heavy atom. The van der Waals surface area contributed by atoms with Crippen molar-refractivity contribution in [3.63, 3.8) is 0 Å². The van der Waals surface area contributed by atoms with Crippen LogP contribution in [0.1, 0.15) is 31.8 Å². The van der Waals surface area contributed by atoms with Crippen molar-refractivity contribution in [2.24, 2.45) is 20.5 Å². The van der Waals surface area contributed by atoms with Gasteiger partial charge in [0.15, 0.2) is 0 Å². The van der Waals surface area contributed by atoms with E-state index in [9.17, 15) is 30.0 Å². The molecule has 12 heteroatoms. The van der Waals surface area contributed by atoms with E-state index in [0.717, 1.165) is 9.79 Å². The largest absolute Gasteiger partial charge is 0.507 e. The van der Waals surface area contributed by atoms with Crippen molar-refractivity contribution in [3.05, 3.63) is 95.1 Å². The summed E-state index contributed by atoms with van der Waals surface area (Å²) in [5.41, 5.74) is 2.12. The summed E-state index contributed by atoms with van der Waals surface area (Å²) < 4.78 is 0. The van der Waals surface area contributed by atoms with Crippen LogP contribution in [-0.4, -0.2) is 61.9 Å². The van der Waals surface area contributed by atoms with Gasteiger partial charge in [0.1, 0.15) is 22.6 Å². The second-order valence-corrected chi connectivity index (χ2v) is 9.56. The molecule has 0 unspecified atom stereocenters. The molecule has 4 aromatic carbocycles. The molecule has 10 nitrogen and oxygen atoms in total. The second kappa shape index (κ2) is 13.4. The molecule has 4 N–H and O–H groups in total. The summed E-state index contributed by atoms with van der Waals surface area (Å²) in [7, 11) is 0. The first-order valence-corrected chi connectivity index (χ1v) is 12.3. The van der Waals surface area contributed by atoms with Gasteiger partial charge in [-0.1, -0.05) is 11.8 Å². The van der Waals surface area contributed by atoms with Crippen molar-refractivity contribution in [1.29, 1.82) is 0 Å². The minimum absolute atomic E-state index is 0. The summed E-state index contributed by atoms with van der Waals surface area (Å²) in [6, 6.07) is 20.3. The van der Waals surface area contributed by atoms with Gasteiger partial charge in [0.2, 0.25) is 0 Å². The van der Waals surface area contributed by atoms with Gasteiger partial charge in [0.25, 0.3) is 0 Å². The van der Waals surface area contributed by atoms with Gasteiger partial charge in [0.05, 0.1) is 22.7 Å². The van der Waals surface area contributed by atoms with Crippen LogP contribution in [0.2, 0.25) is 0 Å². The molecule has 0 aromatic heterocycles. The number of nitrogens with zero attached hydrogens (tertiary/aromatic N) is 4. The molecule has 0 aliphatic carbocycles. The number of carboxylic acid groups (broad SMARTS) is 2. The van der Waals surface area contributed by atoms with Crippen LogP contribution in [0.4, 0.5) is 22.7 Å². The molecule has 0 bridgehead atoms. The first-order chi connectivity index (χ1) is 18.6. The van der Waals surface area contributed by atoms with E-state index < -0.39 is 11.9 Å². The third-order valence-electron chi connectivity index (χ3n) is 5.50. The minimum Gasteiger partial charge on any atom is -0.507 e. The number of aromatic carboxylic acids is 2. The van der Waals surface area contributed by atoms with E-state index in [4.69, 9.17) is 0 Å². The van der Waals surface area contributed by atoms with Crippen LogP contribution >= 0.6 is 11.8 Å². The number of carboxylic acids is 2. The Labute approximate surface area is 255 Å².